The summed E-state index contributed by atoms with van der Waals surface area (Å²) in [6.45, 7) is 2.74. The van der Waals surface area contributed by atoms with Crippen LogP contribution < -0.4 is 5.73 Å². The number of primary amides is 1. The summed E-state index contributed by atoms with van der Waals surface area (Å²) in [6.07, 6.45) is 1.13. The molecule has 0 saturated heterocycles. The van der Waals surface area contributed by atoms with Gasteiger partial charge in [-0.3, -0.25) is 9.25 Å². The van der Waals surface area contributed by atoms with Crippen LogP contribution >= 0.6 is 12.2 Å². The molecule has 0 spiro atoms. The Bertz CT molecular complexity index is 654. The molecule has 0 unspecified atom stereocenters. The molecule has 0 aliphatic heterocycles. The van der Waals surface area contributed by atoms with Gasteiger partial charge in [-0.25, -0.2) is 4.79 Å². The zero-order valence-electron chi connectivity index (χ0n) is 11.0. The standard InChI is InChI=1S/C11H17N5O2S/c1-3-4-7-8-9(15(2)14-7)16(11(19)13-8)5-6-18-10(12)17/h3-6H2,1-2H3,(H2,12,17)(H,13,19). The lowest BCUT2D eigenvalue weighted by Crippen LogP contribution is -2.17. The molecule has 3 N–H and O–H groups in total. The number of amides is 1. The molecule has 2 rings (SSSR count). The largest absolute Gasteiger partial charge is 0.448 e. The average Bonchev–Trinajstić information content (AvgIpc) is 2.79. The van der Waals surface area contributed by atoms with Crippen molar-refractivity contribution >= 4 is 29.5 Å². The minimum Gasteiger partial charge on any atom is -0.448 e. The number of H-pyrrole nitrogens is 1. The van der Waals surface area contributed by atoms with Crippen molar-refractivity contribution in [1.82, 2.24) is 19.3 Å². The lowest BCUT2D eigenvalue weighted by atomic mass is 10.2. The highest BCUT2D eigenvalue weighted by molar-refractivity contribution is 7.71. The van der Waals surface area contributed by atoms with Gasteiger partial charge >= 0.3 is 6.09 Å². The number of imidazole rings is 1. The second-order valence-electron chi connectivity index (χ2n) is 4.27. The number of nitrogens with two attached hydrogens (primary N) is 1. The van der Waals surface area contributed by atoms with Crippen LogP contribution in [-0.2, 0) is 24.8 Å². The van der Waals surface area contributed by atoms with Crippen molar-refractivity contribution in [1.29, 1.82) is 0 Å². The number of fused-ring (bicyclic) bond motifs is 1. The van der Waals surface area contributed by atoms with Crippen LogP contribution in [0, 0.1) is 4.77 Å². The molecule has 8 heteroatoms. The Morgan fingerprint density at radius 3 is 2.95 bits per heavy atom. The van der Waals surface area contributed by atoms with Gasteiger partial charge in [0, 0.05) is 7.05 Å². The highest BCUT2D eigenvalue weighted by Gasteiger charge is 2.14. The second kappa shape index (κ2) is 5.43. The van der Waals surface area contributed by atoms with E-state index in [1.807, 2.05) is 11.6 Å². The number of carbonyl (C=O) groups excluding carboxylic acids is 1. The maximum atomic E-state index is 10.6. The summed E-state index contributed by atoms with van der Waals surface area (Å²) in [4.78, 5) is 13.7. The maximum Gasteiger partial charge on any atom is 0.404 e. The van der Waals surface area contributed by atoms with E-state index in [4.69, 9.17) is 22.7 Å². The highest BCUT2D eigenvalue weighted by Crippen LogP contribution is 2.18. The fourth-order valence-corrected chi connectivity index (χ4v) is 2.41. The molecule has 104 valence electrons. The molecule has 7 nitrogen and oxygen atoms in total. The Morgan fingerprint density at radius 2 is 2.32 bits per heavy atom. The van der Waals surface area contributed by atoms with E-state index in [1.54, 1.807) is 4.68 Å². The van der Waals surface area contributed by atoms with Crippen molar-refractivity contribution in [3.05, 3.63) is 10.5 Å². The van der Waals surface area contributed by atoms with Crippen LogP contribution in [0.25, 0.3) is 11.2 Å². The Morgan fingerprint density at radius 1 is 1.58 bits per heavy atom. The summed E-state index contributed by atoms with van der Waals surface area (Å²) in [6, 6.07) is 0. The first-order valence-corrected chi connectivity index (χ1v) is 6.52. The maximum absolute atomic E-state index is 10.6. The van der Waals surface area contributed by atoms with Crippen molar-refractivity contribution in [2.75, 3.05) is 6.61 Å². The highest BCUT2D eigenvalue weighted by atomic mass is 32.1. The van der Waals surface area contributed by atoms with Gasteiger partial charge < -0.3 is 15.5 Å². The molecule has 19 heavy (non-hydrogen) atoms. The van der Waals surface area contributed by atoms with E-state index >= 15 is 0 Å². The Kier molecular flexibility index (Phi) is 3.89. The van der Waals surface area contributed by atoms with Gasteiger partial charge in [0.1, 0.15) is 12.1 Å². The molecule has 1 amide bonds. The van der Waals surface area contributed by atoms with Gasteiger partial charge in [-0.1, -0.05) is 13.3 Å². The predicted molar refractivity (Wildman–Crippen MR) is 73.4 cm³/mol. The normalized spacial score (nSPS) is 11.1. The summed E-state index contributed by atoms with van der Waals surface area (Å²) >= 11 is 5.28. The van der Waals surface area contributed by atoms with E-state index in [2.05, 4.69) is 17.0 Å². The first-order chi connectivity index (χ1) is 9.04. The van der Waals surface area contributed by atoms with E-state index in [0.29, 0.717) is 11.3 Å². The van der Waals surface area contributed by atoms with Crippen LogP contribution in [0.4, 0.5) is 4.79 Å². The number of carbonyl (C=O) groups is 1. The molecule has 0 aliphatic carbocycles. The molecule has 0 saturated carbocycles. The molecule has 0 radical (unpaired) electrons. The van der Waals surface area contributed by atoms with Gasteiger partial charge in [0.2, 0.25) is 0 Å². The summed E-state index contributed by atoms with van der Waals surface area (Å²) in [5.74, 6) is 0. The third-order valence-corrected chi connectivity index (χ3v) is 3.19. The van der Waals surface area contributed by atoms with E-state index in [-0.39, 0.29) is 6.61 Å². The molecule has 0 atom stereocenters. The molecule has 2 heterocycles. The molecule has 2 aromatic rings. The van der Waals surface area contributed by atoms with Gasteiger partial charge in [-0.2, -0.15) is 5.10 Å². The van der Waals surface area contributed by atoms with Crippen molar-refractivity contribution in [2.24, 2.45) is 12.8 Å². The summed E-state index contributed by atoms with van der Waals surface area (Å²) in [5.41, 5.74) is 7.79. The van der Waals surface area contributed by atoms with Crippen LogP contribution in [0.1, 0.15) is 19.0 Å². The molecule has 2 aromatic heterocycles. The summed E-state index contributed by atoms with van der Waals surface area (Å²) in [5, 5.41) is 4.47. The first kappa shape index (κ1) is 13.6. The SMILES string of the molecule is CCCc1nn(C)c2c1[nH]c(=S)n2CCOC(N)=O. The molecule has 0 fully saturated rings. The van der Waals surface area contributed by atoms with Crippen LogP contribution in [-0.4, -0.2) is 32.0 Å². The van der Waals surface area contributed by atoms with Crippen LogP contribution in [0.3, 0.4) is 0 Å². The topological polar surface area (TPSA) is 90.9 Å². The number of aryl methyl sites for hydroxylation is 2. The number of hydrogen-bond donors (Lipinski definition) is 2. The fraction of sp³-hybridized carbons (Fsp3) is 0.545. The van der Waals surface area contributed by atoms with Crippen molar-refractivity contribution < 1.29 is 9.53 Å². The first-order valence-electron chi connectivity index (χ1n) is 6.11. The van der Waals surface area contributed by atoms with Crippen LogP contribution in [0.5, 0.6) is 0 Å². The van der Waals surface area contributed by atoms with Crippen molar-refractivity contribution in [3.63, 3.8) is 0 Å². The van der Waals surface area contributed by atoms with E-state index < -0.39 is 6.09 Å². The predicted octanol–water partition coefficient (Wildman–Crippen LogP) is 1.48. The number of hydrogen-bond acceptors (Lipinski definition) is 4. The van der Waals surface area contributed by atoms with E-state index in [9.17, 15) is 4.79 Å². The lowest BCUT2D eigenvalue weighted by molar-refractivity contribution is 0.152. The summed E-state index contributed by atoms with van der Waals surface area (Å²) < 4.78 is 8.98. The number of rotatable bonds is 5. The third kappa shape index (κ3) is 2.62. The lowest BCUT2D eigenvalue weighted by Gasteiger charge is -2.04. The molecule has 0 aromatic carbocycles. The number of ether oxygens (including phenoxy) is 1. The minimum atomic E-state index is -0.782. The second-order valence-corrected chi connectivity index (χ2v) is 4.65. The molecule has 0 aliphatic rings. The number of aromatic amines is 1. The Balaban J connectivity index is 2.35. The van der Waals surface area contributed by atoms with Gasteiger partial charge in [0.05, 0.1) is 12.2 Å². The van der Waals surface area contributed by atoms with E-state index in [1.165, 1.54) is 0 Å². The third-order valence-electron chi connectivity index (χ3n) is 2.87. The number of nitrogens with zero attached hydrogens (tertiary/aromatic N) is 3. The van der Waals surface area contributed by atoms with Crippen molar-refractivity contribution in [2.45, 2.75) is 26.3 Å². The monoisotopic (exact) mass is 283 g/mol. The Labute approximate surface area is 115 Å². The number of aromatic nitrogens is 4. The molecular weight excluding hydrogens is 266 g/mol. The van der Waals surface area contributed by atoms with Crippen molar-refractivity contribution in [3.8, 4) is 0 Å². The fourth-order valence-electron chi connectivity index (χ4n) is 2.13. The van der Waals surface area contributed by atoms with Gasteiger partial charge in [0.15, 0.2) is 10.4 Å². The van der Waals surface area contributed by atoms with Gasteiger partial charge in [-0.15, -0.1) is 0 Å². The minimum absolute atomic E-state index is 0.185. The quantitative estimate of drug-likeness (QED) is 0.813. The number of nitrogens with one attached hydrogen (secondary N) is 1. The average molecular weight is 283 g/mol. The molecule has 0 bridgehead atoms. The van der Waals surface area contributed by atoms with Gasteiger partial charge in [-0.05, 0) is 18.6 Å². The van der Waals surface area contributed by atoms with Crippen LogP contribution in [0.15, 0.2) is 0 Å². The zero-order chi connectivity index (χ0) is 14.0. The molecular formula is C11H17N5O2S. The zero-order valence-corrected chi connectivity index (χ0v) is 11.8. The van der Waals surface area contributed by atoms with Gasteiger partial charge in [0.25, 0.3) is 0 Å². The smallest absolute Gasteiger partial charge is 0.404 e. The summed E-state index contributed by atoms with van der Waals surface area (Å²) in [7, 11) is 1.87. The Hall–Kier alpha value is -1.83. The van der Waals surface area contributed by atoms with Crippen LogP contribution in [0.2, 0.25) is 0 Å². The van der Waals surface area contributed by atoms with E-state index in [0.717, 1.165) is 29.7 Å².